The van der Waals surface area contributed by atoms with Gasteiger partial charge in [-0.2, -0.15) is 0 Å². The summed E-state index contributed by atoms with van der Waals surface area (Å²) >= 11 is 2.64. The first-order valence-corrected chi connectivity index (χ1v) is 12.0. The number of methoxy groups -OCH3 is 2. The first kappa shape index (κ1) is 23.0. The Morgan fingerprint density at radius 1 is 1.34 bits per heavy atom. The van der Waals surface area contributed by atoms with Crippen LogP contribution < -0.4 is 19.1 Å². The van der Waals surface area contributed by atoms with Crippen molar-refractivity contribution in [2.45, 2.75) is 17.3 Å². The van der Waals surface area contributed by atoms with E-state index in [9.17, 15) is 13.2 Å². The van der Waals surface area contributed by atoms with Crippen molar-refractivity contribution >= 4 is 49.8 Å². The smallest absolute Gasteiger partial charge is 0.249 e. The Bertz CT molecular complexity index is 977. The van der Waals surface area contributed by atoms with E-state index >= 15 is 0 Å². The lowest BCUT2D eigenvalue weighted by atomic mass is 10.2. The molecule has 9 nitrogen and oxygen atoms in total. The third-order valence-electron chi connectivity index (χ3n) is 3.67. The maximum absolute atomic E-state index is 12.7. The summed E-state index contributed by atoms with van der Waals surface area (Å²) in [5.41, 5.74) is 0.271. The average Bonchev–Trinajstić information content (AvgIpc) is 3.12. The summed E-state index contributed by atoms with van der Waals surface area (Å²) in [5, 5.41) is 10.8. The minimum Gasteiger partial charge on any atom is -0.493 e. The Labute approximate surface area is 178 Å². The summed E-state index contributed by atoms with van der Waals surface area (Å²) in [5.74, 6) is 0.918. The van der Waals surface area contributed by atoms with Crippen molar-refractivity contribution in [1.29, 1.82) is 0 Å². The number of nitrogens with zero attached hydrogens (tertiary/aromatic N) is 3. The van der Waals surface area contributed by atoms with Gasteiger partial charge in [0, 0.05) is 11.8 Å². The molecule has 0 saturated heterocycles. The number of sulfonamides is 1. The number of thioether (sulfide) groups is 1. The molecule has 1 N–H and O–H groups in total. The first-order chi connectivity index (χ1) is 13.7. The molecular weight excluding hydrogens is 436 g/mol. The van der Waals surface area contributed by atoms with Crippen molar-refractivity contribution in [2.24, 2.45) is 0 Å². The molecule has 1 amide bonds. The van der Waals surface area contributed by atoms with Crippen molar-refractivity contribution in [3.8, 4) is 11.5 Å². The summed E-state index contributed by atoms with van der Waals surface area (Å²) in [6.45, 7) is 5.12. The van der Waals surface area contributed by atoms with E-state index in [1.54, 1.807) is 18.2 Å². The maximum atomic E-state index is 12.7. The molecule has 12 heteroatoms. The molecule has 0 saturated carbocycles. The van der Waals surface area contributed by atoms with Gasteiger partial charge in [0.05, 0.1) is 26.2 Å². The van der Waals surface area contributed by atoms with Crippen molar-refractivity contribution in [3.05, 3.63) is 30.9 Å². The Hall–Kier alpha value is -2.31. The lowest BCUT2D eigenvalue weighted by Crippen LogP contribution is -2.45. The number of ether oxygens (including phenoxy) is 2. The number of hydrogen-bond acceptors (Lipinski definition) is 9. The number of nitrogens with one attached hydrogen (secondary N) is 1. The van der Waals surface area contributed by atoms with E-state index in [1.165, 1.54) is 50.3 Å². The van der Waals surface area contributed by atoms with Crippen molar-refractivity contribution < 1.29 is 22.7 Å². The van der Waals surface area contributed by atoms with E-state index in [-0.39, 0.29) is 10.8 Å². The normalized spacial score (nSPS) is 12.1. The lowest BCUT2D eigenvalue weighted by Gasteiger charge is -2.28. The lowest BCUT2D eigenvalue weighted by molar-refractivity contribution is -0.116. The fourth-order valence-corrected chi connectivity index (χ4v) is 5.11. The monoisotopic (exact) mass is 458 g/mol. The molecule has 1 atom stereocenters. The largest absolute Gasteiger partial charge is 0.493 e. The standard InChI is InChI=1S/C17H22N4O5S3/c1-6-9-27-17-20-19-16(28-17)18-15(22)11(2)21(29(5,23)24)12-7-8-13(25-3)14(10-12)26-4/h6-8,10-11H,1,9H2,2-5H3,(H,18,19,22). The van der Waals surface area contributed by atoms with E-state index in [1.807, 2.05) is 0 Å². The molecule has 0 spiro atoms. The van der Waals surface area contributed by atoms with Crippen LogP contribution in [0.2, 0.25) is 0 Å². The second kappa shape index (κ2) is 9.94. The van der Waals surface area contributed by atoms with Gasteiger partial charge in [-0.15, -0.1) is 16.8 Å². The van der Waals surface area contributed by atoms with Gasteiger partial charge in [0.2, 0.25) is 21.1 Å². The third kappa shape index (κ3) is 5.84. The predicted octanol–water partition coefficient (Wildman–Crippen LogP) is 2.63. The SMILES string of the molecule is C=CCSc1nnc(NC(=O)C(C)N(c2ccc(OC)c(OC)c2)S(C)(=O)=O)s1. The topological polar surface area (TPSA) is 111 Å². The molecule has 158 valence electrons. The van der Waals surface area contributed by atoms with Crippen LogP contribution in [0.5, 0.6) is 11.5 Å². The molecule has 2 aromatic rings. The molecule has 0 aliphatic rings. The second-order valence-electron chi connectivity index (χ2n) is 5.74. The number of amides is 1. The zero-order valence-electron chi connectivity index (χ0n) is 16.4. The molecular formula is C17H22N4O5S3. The number of rotatable bonds is 10. The highest BCUT2D eigenvalue weighted by molar-refractivity contribution is 8.01. The summed E-state index contributed by atoms with van der Waals surface area (Å²) in [4.78, 5) is 12.7. The number of aromatic nitrogens is 2. The Morgan fingerprint density at radius 2 is 2.03 bits per heavy atom. The zero-order chi connectivity index (χ0) is 21.6. The minimum absolute atomic E-state index is 0.271. The highest BCUT2D eigenvalue weighted by Crippen LogP contribution is 2.33. The van der Waals surface area contributed by atoms with Gasteiger partial charge < -0.3 is 9.47 Å². The van der Waals surface area contributed by atoms with E-state index in [0.717, 1.165) is 10.6 Å². The average molecular weight is 459 g/mol. The number of carbonyl (C=O) groups is 1. The fraction of sp³-hybridized carbons (Fsp3) is 0.353. The van der Waals surface area contributed by atoms with Crippen LogP contribution in [0.25, 0.3) is 0 Å². The minimum atomic E-state index is -3.78. The van der Waals surface area contributed by atoms with E-state index in [0.29, 0.717) is 21.6 Å². The van der Waals surface area contributed by atoms with Gasteiger partial charge in [-0.25, -0.2) is 8.42 Å². The number of hydrogen-bond donors (Lipinski definition) is 1. The van der Waals surface area contributed by atoms with Gasteiger partial charge in [-0.05, 0) is 19.1 Å². The Morgan fingerprint density at radius 3 is 2.62 bits per heavy atom. The van der Waals surface area contributed by atoms with Crippen molar-refractivity contribution in [3.63, 3.8) is 0 Å². The van der Waals surface area contributed by atoms with E-state index in [4.69, 9.17) is 9.47 Å². The molecule has 1 unspecified atom stereocenters. The van der Waals surface area contributed by atoms with Gasteiger partial charge in [0.15, 0.2) is 15.8 Å². The van der Waals surface area contributed by atoms with Gasteiger partial charge in [-0.1, -0.05) is 29.2 Å². The first-order valence-electron chi connectivity index (χ1n) is 8.30. The molecule has 29 heavy (non-hydrogen) atoms. The third-order valence-corrected chi connectivity index (χ3v) is 6.88. The number of anilines is 2. The highest BCUT2D eigenvalue weighted by Gasteiger charge is 2.30. The number of carbonyl (C=O) groups excluding carboxylic acids is 1. The van der Waals surface area contributed by atoms with Crippen LogP contribution in [0, 0.1) is 0 Å². The second-order valence-corrected chi connectivity index (χ2v) is 9.84. The van der Waals surface area contributed by atoms with Crippen LogP contribution in [0.4, 0.5) is 10.8 Å². The molecule has 0 aliphatic carbocycles. The van der Waals surface area contributed by atoms with E-state index < -0.39 is 22.0 Å². The number of benzene rings is 1. The van der Waals surface area contributed by atoms with Gasteiger partial charge in [-0.3, -0.25) is 14.4 Å². The molecule has 0 bridgehead atoms. The molecule has 1 aromatic heterocycles. The summed E-state index contributed by atoms with van der Waals surface area (Å²) in [6, 6.07) is 3.57. The van der Waals surface area contributed by atoms with Gasteiger partial charge >= 0.3 is 0 Å². The summed E-state index contributed by atoms with van der Waals surface area (Å²) in [6.07, 6.45) is 2.77. The van der Waals surface area contributed by atoms with Crippen molar-refractivity contribution in [2.75, 3.05) is 35.9 Å². The van der Waals surface area contributed by atoms with Crippen LogP contribution in [-0.2, 0) is 14.8 Å². The summed E-state index contributed by atoms with van der Waals surface area (Å²) < 4.78 is 37.0. The molecule has 0 fully saturated rings. The van der Waals surface area contributed by atoms with Crippen LogP contribution in [-0.4, -0.2) is 56.8 Å². The molecule has 1 aromatic carbocycles. The van der Waals surface area contributed by atoms with Gasteiger partial charge in [0.25, 0.3) is 0 Å². The fourth-order valence-electron chi connectivity index (χ4n) is 2.43. The maximum Gasteiger partial charge on any atom is 0.249 e. The predicted molar refractivity (Wildman–Crippen MR) is 116 cm³/mol. The Kier molecular flexibility index (Phi) is 7.88. The van der Waals surface area contributed by atoms with Crippen LogP contribution in [0.15, 0.2) is 35.2 Å². The van der Waals surface area contributed by atoms with Crippen LogP contribution in [0.1, 0.15) is 6.92 Å². The Balaban J connectivity index is 2.27. The molecule has 0 radical (unpaired) electrons. The van der Waals surface area contributed by atoms with Crippen LogP contribution in [0.3, 0.4) is 0 Å². The van der Waals surface area contributed by atoms with Gasteiger partial charge in [0.1, 0.15) is 6.04 Å². The zero-order valence-corrected chi connectivity index (χ0v) is 18.9. The molecule has 2 rings (SSSR count). The summed E-state index contributed by atoms with van der Waals surface area (Å²) in [7, 11) is -0.855. The van der Waals surface area contributed by atoms with Crippen LogP contribution >= 0.6 is 23.1 Å². The quantitative estimate of drug-likeness (QED) is 0.329. The highest BCUT2D eigenvalue weighted by atomic mass is 32.2. The molecule has 1 heterocycles. The van der Waals surface area contributed by atoms with Crippen molar-refractivity contribution in [1.82, 2.24) is 10.2 Å². The van der Waals surface area contributed by atoms with E-state index in [2.05, 4.69) is 22.1 Å². The molecule has 0 aliphatic heterocycles.